The summed E-state index contributed by atoms with van der Waals surface area (Å²) in [5, 5.41) is 16.6. The van der Waals surface area contributed by atoms with Gasteiger partial charge in [0.05, 0.1) is 28.4 Å². The van der Waals surface area contributed by atoms with Gasteiger partial charge in [0, 0.05) is 18.8 Å². The maximum absolute atomic E-state index is 13.5. The lowest BCUT2D eigenvalue weighted by Crippen LogP contribution is -2.36. The molecule has 0 bridgehead atoms. The van der Waals surface area contributed by atoms with Crippen LogP contribution >= 0.6 is 0 Å². The monoisotopic (exact) mass is 540 g/mol. The van der Waals surface area contributed by atoms with E-state index in [4.69, 9.17) is 4.98 Å². The van der Waals surface area contributed by atoms with Crippen LogP contribution in [0.2, 0.25) is 0 Å². The Kier molecular flexibility index (Phi) is 7.20. The largest absolute Gasteiger partial charge is 0.391 e. The average Bonchev–Trinajstić information content (AvgIpc) is 3.48. The number of anilines is 3. The molecule has 0 unspecified atom stereocenters. The second-order valence-corrected chi connectivity index (χ2v) is 14.6. The van der Waals surface area contributed by atoms with E-state index in [1.54, 1.807) is 30.3 Å². The fraction of sp³-hybridized carbons (Fsp3) is 0.586. The Morgan fingerprint density at radius 2 is 1.84 bits per heavy atom. The smallest absolute Gasteiger partial charge is 0.259 e. The first kappa shape index (κ1) is 26.9. The zero-order valence-corrected chi connectivity index (χ0v) is 23.5. The summed E-state index contributed by atoms with van der Waals surface area (Å²) < 4.78 is 25.8. The van der Waals surface area contributed by atoms with Crippen molar-refractivity contribution >= 4 is 33.1 Å². The molecule has 0 radical (unpaired) electrons. The number of carbonyl (C=O) groups excluding carboxylic acids is 1. The normalized spacial score (nSPS) is 22.9. The van der Waals surface area contributed by atoms with Gasteiger partial charge < -0.3 is 20.6 Å². The molecule has 206 valence electrons. The van der Waals surface area contributed by atoms with Crippen LogP contribution in [0.4, 0.5) is 17.3 Å². The van der Waals surface area contributed by atoms with E-state index < -0.39 is 15.9 Å². The first-order valence-corrected chi connectivity index (χ1v) is 15.4. The molecule has 1 aliphatic heterocycles. The minimum absolute atomic E-state index is 0.0199. The van der Waals surface area contributed by atoms with Gasteiger partial charge >= 0.3 is 0 Å². The lowest BCUT2D eigenvalue weighted by molar-refractivity contribution is 0.102. The molecule has 5 rings (SSSR count). The maximum atomic E-state index is 13.5. The lowest BCUT2D eigenvalue weighted by Gasteiger charge is -2.34. The second kappa shape index (κ2) is 10.2. The maximum Gasteiger partial charge on any atom is 0.259 e. The van der Waals surface area contributed by atoms with Crippen molar-refractivity contribution in [3.8, 4) is 0 Å². The predicted molar refractivity (Wildman–Crippen MR) is 151 cm³/mol. The Labute approximate surface area is 226 Å². The summed E-state index contributed by atoms with van der Waals surface area (Å²) in [4.78, 5) is 20.8. The highest BCUT2D eigenvalue weighted by Gasteiger charge is 2.45. The van der Waals surface area contributed by atoms with Crippen molar-refractivity contribution in [3.05, 3.63) is 42.0 Å². The van der Waals surface area contributed by atoms with Crippen molar-refractivity contribution in [3.63, 3.8) is 0 Å². The number of benzene rings is 1. The number of piperidine rings is 1. The van der Waals surface area contributed by atoms with E-state index in [0.29, 0.717) is 28.3 Å². The van der Waals surface area contributed by atoms with Gasteiger partial charge in [-0.3, -0.25) is 4.79 Å². The number of nitrogens with zero attached hydrogens (tertiary/aromatic N) is 2. The van der Waals surface area contributed by atoms with Crippen molar-refractivity contribution in [1.82, 2.24) is 4.98 Å². The fourth-order valence-corrected chi connectivity index (χ4v) is 7.63. The Bertz CT molecular complexity index is 1290. The zero-order valence-electron chi connectivity index (χ0n) is 22.7. The highest BCUT2D eigenvalue weighted by atomic mass is 32.2. The van der Waals surface area contributed by atoms with E-state index in [-0.39, 0.29) is 28.0 Å². The number of aliphatic hydroxyl groups is 1. The summed E-state index contributed by atoms with van der Waals surface area (Å²) >= 11 is 0. The molecule has 8 nitrogen and oxygen atoms in total. The number of hydrogen-bond donors (Lipinski definition) is 3. The van der Waals surface area contributed by atoms with Gasteiger partial charge in [0.25, 0.3) is 5.91 Å². The zero-order chi connectivity index (χ0) is 27.1. The number of sulfone groups is 1. The highest BCUT2D eigenvalue weighted by molar-refractivity contribution is 7.91. The standard InChI is InChI=1S/C29H40N4O4S/c1-28(2,3)19-38(36,37)21-7-4-6-20(18-21)30-27(35)22-10-11-25(31-23-8-5-9-24(23)34)32-26(22)33-16-14-29(12-13-29)15-17-33/h4,6-7,10-11,18,23-24,34H,5,8-9,12-17,19H2,1-3H3,(H,30,35)(H,31,32)/t23-,24+/m0/s1. The van der Waals surface area contributed by atoms with Gasteiger partial charge in [-0.25, -0.2) is 13.4 Å². The van der Waals surface area contributed by atoms with Gasteiger partial charge in [0.15, 0.2) is 9.84 Å². The Morgan fingerprint density at radius 3 is 2.47 bits per heavy atom. The highest BCUT2D eigenvalue weighted by Crippen LogP contribution is 2.54. The molecule has 1 spiro atoms. The quantitative estimate of drug-likeness (QED) is 0.460. The molecule has 1 aromatic heterocycles. The van der Waals surface area contributed by atoms with Crippen molar-refractivity contribution in [2.75, 3.05) is 34.4 Å². The molecular weight excluding hydrogens is 500 g/mol. The van der Waals surface area contributed by atoms with Crippen molar-refractivity contribution in [2.24, 2.45) is 10.8 Å². The SMILES string of the molecule is CC(C)(C)CS(=O)(=O)c1cccc(NC(=O)c2ccc(N[C@H]3CCC[C@H]3O)nc2N2CCC3(CC2)CC3)c1. The number of rotatable bonds is 7. The van der Waals surface area contributed by atoms with Gasteiger partial charge in [0.1, 0.15) is 11.6 Å². The number of pyridine rings is 1. The van der Waals surface area contributed by atoms with Crippen LogP contribution in [0.25, 0.3) is 0 Å². The Morgan fingerprint density at radius 1 is 1.11 bits per heavy atom. The third-order valence-corrected chi connectivity index (χ3v) is 10.3. The molecule has 2 aromatic rings. The summed E-state index contributed by atoms with van der Waals surface area (Å²) in [6.07, 6.45) is 7.03. The van der Waals surface area contributed by atoms with Crippen LogP contribution in [0.5, 0.6) is 0 Å². The molecular formula is C29H40N4O4S. The van der Waals surface area contributed by atoms with Crippen molar-refractivity contribution in [2.45, 2.75) is 82.8 Å². The molecule has 2 aliphatic carbocycles. The molecule has 2 saturated carbocycles. The van der Waals surface area contributed by atoms with Crippen LogP contribution < -0.4 is 15.5 Å². The number of amides is 1. The van der Waals surface area contributed by atoms with Crippen LogP contribution in [0, 0.1) is 10.8 Å². The number of aliphatic hydroxyl groups excluding tert-OH is 1. The van der Waals surface area contributed by atoms with Gasteiger partial charge in [0.2, 0.25) is 0 Å². The van der Waals surface area contributed by atoms with Crippen LogP contribution in [-0.4, -0.2) is 55.4 Å². The molecule has 3 fully saturated rings. The fourth-order valence-electron chi connectivity index (χ4n) is 5.73. The number of nitrogens with one attached hydrogen (secondary N) is 2. The summed E-state index contributed by atoms with van der Waals surface area (Å²) in [7, 11) is -3.49. The lowest BCUT2D eigenvalue weighted by atomic mass is 9.93. The van der Waals surface area contributed by atoms with E-state index in [1.807, 2.05) is 20.8 Å². The summed E-state index contributed by atoms with van der Waals surface area (Å²) in [5.74, 6) is 0.986. The van der Waals surface area contributed by atoms with Crippen LogP contribution in [0.1, 0.15) is 76.1 Å². The van der Waals surface area contributed by atoms with Crippen molar-refractivity contribution < 1.29 is 18.3 Å². The second-order valence-electron chi connectivity index (χ2n) is 12.6. The molecule has 2 heterocycles. The summed E-state index contributed by atoms with van der Waals surface area (Å²) in [6, 6.07) is 10.00. The van der Waals surface area contributed by atoms with E-state index in [2.05, 4.69) is 15.5 Å². The van der Waals surface area contributed by atoms with E-state index >= 15 is 0 Å². The van der Waals surface area contributed by atoms with Gasteiger partial charge in [-0.2, -0.15) is 0 Å². The molecule has 2 atom stereocenters. The molecule has 3 N–H and O–H groups in total. The van der Waals surface area contributed by atoms with Crippen LogP contribution in [0.15, 0.2) is 41.3 Å². The number of hydrogen-bond acceptors (Lipinski definition) is 7. The minimum atomic E-state index is -3.49. The van der Waals surface area contributed by atoms with Crippen LogP contribution in [0.3, 0.4) is 0 Å². The third-order valence-electron chi connectivity index (χ3n) is 8.09. The molecule has 38 heavy (non-hydrogen) atoms. The first-order valence-electron chi connectivity index (χ1n) is 13.8. The van der Waals surface area contributed by atoms with E-state index in [9.17, 15) is 18.3 Å². The van der Waals surface area contributed by atoms with Crippen LogP contribution in [-0.2, 0) is 9.84 Å². The van der Waals surface area contributed by atoms with Crippen molar-refractivity contribution in [1.29, 1.82) is 0 Å². The summed E-state index contributed by atoms with van der Waals surface area (Å²) in [6.45, 7) is 7.37. The molecule has 3 aliphatic rings. The molecule has 1 saturated heterocycles. The summed E-state index contributed by atoms with van der Waals surface area (Å²) in [5.41, 5.74) is 0.998. The first-order chi connectivity index (χ1) is 17.9. The third kappa shape index (κ3) is 6.15. The molecule has 1 amide bonds. The van der Waals surface area contributed by atoms with E-state index in [1.165, 1.54) is 18.9 Å². The average molecular weight is 541 g/mol. The van der Waals surface area contributed by atoms with E-state index in [0.717, 1.165) is 45.2 Å². The number of aromatic nitrogens is 1. The number of carbonyl (C=O) groups is 1. The van der Waals surface area contributed by atoms with Gasteiger partial charge in [-0.15, -0.1) is 0 Å². The molecule has 1 aromatic carbocycles. The Balaban J connectivity index is 1.39. The minimum Gasteiger partial charge on any atom is -0.391 e. The predicted octanol–water partition coefficient (Wildman–Crippen LogP) is 4.86. The van der Waals surface area contributed by atoms with Gasteiger partial charge in [-0.05, 0) is 86.1 Å². The van der Waals surface area contributed by atoms with Gasteiger partial charge in [-0.1, -0.05) is 26.8 Å². The Hall–Kier alpha value is -2.65. The molecule has 9 heteroatoms. The topological polar surface area (TPSA) is 112 Å².